The van der Waals surface area contributed by atoms with Crippen LogP contribution in [0.25, 0.3) is 0 Å². The Morgan fingerprint density at radius 2 is 1.67 bits per heavy atom. The number of nitrogens with one attached hydrogen (secondary N) is 1. The van der Waals surface area contributed by atoms with Crippen molar-refractivity contribution in [3.63, 3.8) is 0 Å². The van der Waals surface area contributed by atoms with Gasteiger partial charge in [-0.3, -0.25) is 9.63 Å². The monoisotopic (exact) mass is 329 g/mol. The Hall–Kier alpha value is -2.33. The highest BCUT2D eigenvalue weighted by atomic mass is 16.6. The summed E-state index contributed by atoms with van der Waals surface area (Å²) in [5.74, 6) is 0.805. The lowest BCUT2D eigenvalue weighted by Gasteiger charge is -2.12. The summed E-state index contributed by atoms with van der Waals surface area (Å²) in [6.07, 6.45) is 0.390. The van der Waals surface area contributed by atoms with Crippen LogP contribution in [0.3, 0.4) is 0 Å². The summed E-state index contributed by atoms with van der Waals surface area (Å²) in [7, 11) is 3.05. The van der Waals surface area contributed by atoms with Crippen molar-refractivity contribution in [1.29, 1.82) is 0 Å². The molecule has 0 bridgehead atoms. The minimum absolute atomic E-state index is 0.127. The predicted molar refractivity (Wildman–Crippen MR) is 97.1 cm³/mol. The molecule has 0 radical (unpaired) electrons. The van der Waals surface area contributed by atoms with Gasteiger partial charge in [0.25, 0.3) is 0 Å². The second kappa shape index (κ2) is 10.4. The van der Waals surface area contributed by atoms with Crippen LogP contribution in [-0.2, 0) is 9.63 Å². The molecular weight excluding hydrogens is 302 g/mol. The Morgan fingerprint density at radius 1 is 1.04 bits per heavy atom. The number of amides is 1. The van der Waals surface area contributed by atoms with Crippen molar-refractivity contribution < 1.29 is 14.4 Å². The van der Waals surface area contributed by atoms with E-state index >= 15 is 0 Å². The maximum absolute atomic E-state index is 11.3. The maximum atomic E-state index is 11.3. The van der Waals surface area contributed by atoms with Crippen molar-refractivity contribution in [2.45, 2.75) is 33.1 Å². The number of benzene rings is 2. The molecule has 24 heavy (non-hydrogen) atoms. The van der Waals surface area contributed by atoms with E-state index in [1.54, 1.807) is 7.11 Å². The third-order valence-electron chi connectivity index (χ3n) is 3.54. The van der Waals surface area contributed by atoms with Crippen LogP contribution in [0, 0.1) is 13.8 Å². The van der Waals surface area contributed by atoms with Crippen molar-refractivity contribution in [2.24, 2.45) is 0 Å². The van der Waals surface area contributed by atoms with Gasteiger partial charge in [-0.25, -0.2) is 5.48 Å². The first-order chi connectivity index (χ1) is 11.5. The minimum atomic E-state index is -0.127. The number of aryl methyl sites for hydroxylation is 2. The molecule has 0 spiro atoms. The van der Waals surface area contributed by atoms with E-state index in [1.807, 2.05) is 31.2 Å². The molecular formula is C20H27NO3. The second-order valence-electron chi connectivity index (χ2n) is 5.77. The van der Waals surface area contributed by atoms with E-state index < -0.39 is 0 Å². The Bertz CT molecular complexity index is 623. The second-order valence-corrected chi connectivity index (χ2v) is 5.77. The fraction of sp³-hybridized carbons (Fsp3) is 0.350. The van der Waals surface area contributed by atoms with Gasteiger partial charge >= 0.3 is 0 Å². The zero-order valence-corrected chi connectivity index (χ0v) is 15.1. The average molecular weight is 329 g/mol. The van der Waals surface area contributed by atoms with Crippen LogP contribution in [0.4, 0.5) is 0 Å². The summed E-state index contributed by atoms with van der Waals surface area (Å²) in [5.41, 5.74) is 6.06. The number of hydroxylamine groups is 1. The highest BCUT2D eigenvalue weighted by molar-refractivity contribution is 5.75. The van der Waals surface area contributed by atoms with Crippen LogP contribution >= 0.6 is 0 Å². The molecule has 130 valence electrons. The first-order valence-corrected chi connectivity index (χ1v) is 7.95. The Labute approximate surface area is 144 Å². The molecule has 2 rings (SSSR count). The van der Waals surface area contributed by atoms with Gasteiger partial charge in [0.1, 0.15) is 5.75 Å². The van der Waals surface area contributed by atoms with Crippen LogP contribution in [-0.4, -0.2) is 20.1 Å². The minimum Gasteiger partial charge on any atom is -0.497 e. The molecule has 0 aliphatic carbocycles. The van der Waals surface area contributed by atoms with Gasteiger partial charge < -0.3 is 4.74 Å². The quantitative estimate of drug-likeness (QED) is 0.838. The van der Waals surface area contributed by atoms with E-state index in [0.29, 0.717) is 6.42 Å². The summed E-state index contributed by atoms with van der Waals surface area (Å²) in [5, 5.41) is 0. The van der Waals surface area contributed by atoms with E-state index in [9.17, 15) is 4.79 Å². The topological polar surface area (TPSA) is 47.6 Å². The van der Waals surface area contributed by atoms with Gasteiger partial charge in [0.05, 0.1) is 14.2 Å². The first-order valence-electron chi connectivity index (χ1n) is 7.95. The van der Waals surface area contributed by atoms with Crippen LogP contribution in [0.15, 0.2) is 48.5 Å². The van der Waals surface area contributed by atoms with Crippen LogP contribution in [0.2, 0.25) is 0 Å². The van der Waals surface area contributed by atoms with Crippen LogP contribution in [0.5, 0.6) is 5.75 Å². The molecule has 1 N–H and O–H groups in total. The lowest BCUT2D eigenvalue weighted by molar-refractivity contribution is -0.131. The average Bonchev–Trinajstić information content (AvgIpc) is 2.55. The molecule has 0 saturated heterocycles. The first kappa shape index (κ1) is 19.7. The van der Waals surface area contributed by atoms with E-state index in [-0.39, 0.29) is 11.8 Å². The standard InChI is InChI=1S/C12H17NO3.C8H10/c1-9(7-12(14)13-16-3)10-5-4-6-11(8-10)15-2;1-7-4-3-5-8(2)6-7/h4-6,8-9H,7H2,1-3H3,(H,13,14);3-6H,1-2H3. The lowest BCUT2D eigenvalue weighted by Crippen LogP contribution is -2.23. The van der Waals surface area contributed by atoms with E-state index in [1.165, 1.54) is 18.2 Å². The van der Waals surface area contributed by atoms with E-state index in [2.05, 4.69) is 48.4 Å². The highest BCUT2D eigenvalue weighted by Crippen LogP contribution is 2.22. The maximum Gasteiger partial charge on any atom is 0.244 e. The fourth-order valence-electron chi connectivity index (χ4n) is 2.31. The summed E-state index contributed by atoms with van der Waals surface area (Å²) in [4.78, 5) is 15.9. The number of methoxy groups -OCH3 is 1. The van der Waals surface area contributed by atoms with Crippen LogP contribution in [0.1, 0.15) is 36.0 Å². The molecule has 0 fully saturated rings. The number of carbonyl (C=O) groups excluding carboxylic acids is 1. The number of carbonyl (C=O) groups is 1. The third-order valence-corrected chi connectivity index (χ3v) is 3.54. The van der Waals surface area contributed by atoms with Gasteiger partial charge in [0, 0.05) is 6.42 Å². The number of rotatable bonds is 5. The van der Waals surface area contributed by atoms with Gasteiger partial charge in [-0.2, -0.15) is 0 Å². The third kappa shape index (κ3) is 7.29. The van der Waals surface area contributed by atoms with Crippen molar-refractivity contribution in [3.8, 4) is 5.75 Å². The Balaban J connectivity index is 0.000000300. The summed E-state index contributed by atoms with van der Waals surface area (Å²) >= 11 is 0. The largest absolute Gasteiger partial charge is 0.497 e. The van der Waals surface area contributed by atoms with Crippen molar-refractivity contribution in [2.75, 3.05) is 14.2 Å². The fourth-order valence-corrected chi connectivity index (χ4v) is 2.31. The van der Waals surface area contributed by atoms with Gasteiger partial charge in [-0.1, -0.05) is 54.4 Å². The molecule has 4 nitrogen and oxygen atoms in total. The lowest BCUT2D eigenvalue weighted by atomic mass is 9.97. The van der Waals surface area contributed by atoms with E-state index in [0.717, 1.165) is 11.3 Å². The molecule has 1 amide bonds. The van der Waals surface area contributed by atoms with Crippen molar-refractivity contribution >= 4 is 5.91 Å². The molecule has 0 aromatic heterocycles. The van der Waals surface area contributed by atoms with Crippen LogP contribution < -0.4 is 10.2 Å². The van der Waals surface area contributed by atoms with Crippen molar-refractivity contribution in [1.82, 2.24) is 5.48 Å². The van der Waals surface area contributed by atoms with Gasteiger partial charge in [-0.15, -0.1) is 0 Å². The zero-order valence-electron chi connectivity index (χ0n) is 15.1. The molecule has 2 aromatic carbocycles. The molecule has 4 heteroatoms. The Morgan fingerprint density at radius 3 is 2.17 bits per heavy atom. The zero-order chi connectivity index (χ0) is 17.9. The molecule has 0 saturated carbocycles. The van der Waals surface area contributed by atoms with Gasteiger partial charge in [0.2, 0.25) is 5.91 Å². The smallest absolute Gasteiger partial charge is 0.244 e. The van der Waals surface area contributed by atoms with Gasteiger partial charge in [0.15, 0.2) is 0 Å². The molecule has 0 aliphatic heterocycles. The number of hydrogen-bond donors (Lipinski definition) is 1. The molecule has 1 unspecified atom stereocenters. The Kier molecular flexibility index (Phi) is 8.58. The highest BCUT2D eigenvalue weighted by Gasteiger charge is 2.11. The molecule has 1 atom stereocenters. The predicted octanol–water partition coefficient (Wildman–Crippen LogP) is 4.17. The summed E-state index contributed by atoms with van der Waals surface area (Å²) < 4.78 is 5.13. The summed E-state index contributed by atoms with van der Waals surface area (Å²) in [6.45, 7) is 6.20. The normalized spacial score (nSPS) is 11.0. The number of ether oxygens (including phenoxy) is 1. The molecule has 0 aliphatic rings. The molecule has 2 aromatic rings. The van der Waals surface area contributed by atoms with Crippen molar-refractivity contribution in [3.05, 3.63) is 65.2 Å². The summed E-state index contributed by atoms with van der Waals surface area (Å²) in [6, 6.07) is 16.2. The van der Waals surface area contributed by atoms with Gasteiger partial charge in [-0.05, 0) is 37.5 Å². The number of hydrogen-bond acceptors (Lipinski definition) is 3. The van der Waals surface area contributed by atoms with E-state index in [4.69, 9.17) is 4.74 Å². The molecule has 0 heterocycles. The SMILES string of the molecule is CONC(=O)CC(C)c1cccc(OC)c1.Cc1cccc(C)c1.